The fourth-order valence-electron chi connectivity index (χ4n) is 2.73. The molecule has 4 heteroatoms. The van der Waals surface area contributed by atoms with Gasteiger partial charge in [0.1, 0.15) is 0 Å². The quantitative estimate of drug-likeness (QED) is 0.917. The van der Waals surface area contributed by atoms with Gasteiger partial charge in [-0.3, -0.25) is 9.88 Å². The number of morpholine rings is 1. The Hall–Kier alpha value is -1.49. The standard InChI is InChI=1S/C16H21N3O/c1-19(12-14-10-17-8-9-20-14)11-13-6-7-18-16-5-3-2-4-15(13)16/h2-7,14,17H,8-12H2,1H3. The van der Waals surface area contributed by atoms with Crippen molar-refractivity contribution in [3.63, 3.8) is 0 Å². The van der Waals surface area contributed by atoms with E-state index < -0.39 is 0 Å². The summed E-state index contributed by atoms with van der Waals surface area (Å²) in [5.41, 5.74) is 2.39. The van der Waals surface area contributed by atoms with Gasteiger partial charge in [-0.25, -0.2) is 0 Å². The minimum absolute atomic E-state index is 0.293. The maximum Gasteiger partial charge on any atom is 0.0826 e. The summed E-state index contributed by atoms with van der Waals surface area (Å²) >= 11 is 0. The summed E-state index contributed by atoms with van der Waals surface area (Å²) in [6, 6.07) is 10.4. The molecule has 4 nitrogen and oxygen atoms in total. The van der Waals surface area contributed by atoms with Crippen molar-refractivity contribution in [1.82, 2.24) is 15.2 Å². The van der Waals surface area contributed by atoms with E-state index in [4.69, 9.17) is 4.74 Å². The molecule has 2 aromatic rings. The van der Waals surface area contributed by atoms with Crippen LogP contribution in [0.1, 0.15) is 5.56 Å². The molecule has 1 aliphatic heterocycles. The number of nitrogens with one attached hydrogen (secondary N) is 1. The Morgan fingerprint density at radius 3 is 3.10 bits per heavy atom. The molecule has 1 aliphatic rings. The lowest BCUT2D eigenvalue weighted by atomic mass is 10.1. The number of nitrogens with zero attached hydrogens (tertiary/aromatic N) is 2. The Labute approximate surface area is 119 Å². The van der Waals surface area contributed by atoms with Crippen molar-refractivity contribution in [3.05, 3.63) is 42.1 Å². The predicted molar refractivity (Wildman–Crippen MR) is 80.7 cm³/mol. The van der Waals surface area contributed by atoms with Crippen LogP contribution >= 0.6 is 0 Å². The van der Waals surface area contributed by atoms with E-state index in [1.54, 1.807) is 0 Å². The summed E-state index contributed by atoms with van der Waals surface area (Å²) < 4.78 is 5.76. The summed E-state index contributed by atoms with van der Waals surface area (Å²) in [5.74, 6) is 0. The predicted octanol–water partition coefficient (Wildman–Crippen LogP) is 1.65. The van der Waals surface area contributed by atoms with Gasteiger partial charge < -0.3 is 10.1 Å². The highest BCUT2D eigenvalue weighted by Gasteiger charge is 2.16. The minimum Gasteiger partial charge on any atom is -0.374 e. The van der Waals surface area contributed by atoms with Gasteiger partial charge in [0.15, 0.2) is 0 Å². The number of ether oxygens (including phenoxy) is 1. The zero-order valence-corrected chi connectivity index (χ0v) is 11.9. The highest BCUT2D eigenvalue weighted by atomic mass is 16.5. The molecule has 0 saturated carbocycles. The molecule has 20 heavy (non-hydrogen) atoms. The average molecular weight is 271 g/mol. The number of rotatable bonds is 4. The SMILES string of the molecule is CN(Cc1ccnc2ccccc12)CC1CNCCO1. The molecule has 1 saturated heterocycles. The number of benzene rings is 1. The first-order valence-electron chi connectivity index (χ1n) is 7.16. The highest BCUT2D eigenvalue weighted by molar-refractivity contribution is 5.81. The number of likely N-dealkylation sites (N-methyl/N-ethyl adjacent to an activating group) is 1. The van der Waals surface area contributed by atoms with Gasteiger partial charge in [-0.05, 0) is 24.7 Å². The van der Waals surface area contributed by atoms with Gasteiger partial charge in [0, 0.05) is 37.8 Å². The van der Waals surface area contributed by atoms with Gasteiger partial charge >= 0.3 is 0 Å². The Morgan fingerprint density at radius 1 is 1.35 bits per heavy atom. The van der Waals surface area contributed by atoms with E-state index in [2.05, 4.69) is 46.5 Å². The molecular formula is C16H21N3O. The molecule has 0 amide bonds. The summed E-state index contributed by atoms with van der Waals surface area (Å²) in [4.78, 5) is 6.73. The summed E-state index contributed by atoms with van der Waals surface area (Å²) in [6.45, 7) is 4.60. The van der Waals surface area contributed by atoms with Crippen molar-refractivity contribution in [3.8, 4) is 0 Å². The van der Waals surface area contributed by atoms with Gasteiger partial charge in [0.25, 0.3) is 0 Å². The van der Waals surface area contributed by atoms with Gasteiger partial charge in [-0.15, -0.1) is 0 Å². The third kappa shape index (κ3) is 3.15. The average Bonchev–Trinajstić information content (AvgIpc) is 2.48. The third-order valence-corrected chi connectivity index (χ3v) is 3.70. The molecule has 1 aromatic carbocycles. The Balaban J connectivity index is 1.69. The molecule has 0 bridgehead atoms. The molecule has 1 atom stereocenters. The number of hydrogen-bond donors (Lipinski definition) is 1. The number of aromatic nitrogens is 1. The lowest BCUT2D eigenvalue weighted by Crippen LogP contribution is -2.44. The first-order valence-corrected chi connectivity index (χ1v) is 7.16. The van der Waals surface area contributed by atoms with Crippen molar-refractivity contribution in [2.24, 2.45) is 0 Å². The highest BCUT2D eigenvalue weighted by Crippen LogP contribution is 2.17. The molecule has 1 N–H and O–H groups in total. The molecule has 1 unspecified atom stereocenters. The zero-order chi connectivity index (χ0) is 13.8. The van der Waals surface area contributed by atoms with E-state index >= 15 is 0 Å². The Bertz CT molecular complexity index is 561. The maximum absolute atomic E-state index is 5.76. The van der Waals surface area contributed by atoms with Crippen LogP contribution in [0.2, 0.25) is 0 Å². The first kappa shape index (κ1) is 13.5. The molecule has 1 aromatic heterocycles. The number of pyridine rings is 1. The molecule has 0 spiro atoms. The second-order valence-electron chi connectivity index (χ2n) is 5.38. The topological polar surface area (TPSA) is 37.4 Å². The van der Waals surface area contributed by atoms with E-state index in [1.165, 1.54) is 10.9 Å². The number of para-hydroxylation sites is 1. The maximum atomic E-state index is 5.76. The van der Waals surface area contributed by atoms with Crippen molar-refractivity contribution < 1.29 is 4.74 Å². The van der Waals surface area contributed by atoms with E-state index in [1.807, 2.05) is 12.3 Å². The third-order valence-electron chi connectivity index (χ3n) is 3.70. The van der Waals surface area contributed by atoms with Crippen LogP contribution in [-0.2, 0) is 11.3 Å². The van der Waals surface area contributed by atoms with Crippen LogP contribution in [0.3, 0.4) is 0 Å². The number of hydrogen-bond acceptors (Lipinski definition) is 4. The van der Waals surface area contributed by atoms with Crippen LogP contribution in [-0.4, -0.2) is 49.3 Å². The van der Waals surface area contributed by atoms with Crippen molar-refractivity contribution in [2.45, 2.75) is 12.6 Å². The van der Waals surface area contributed by atoms with Gasteiger partial charge in [0.2, 0.25) is 0 Å². The molecule has 1 fully saturated rings. The summed E-state index contributed by atoms with van der Waals surface area (Å²) in [5, 5.41) is 4.61. The van der Waals surface area contributed by atoms with Crippen LogP contribution in [0.25, 0.3) is 10.9 Å². The van der Waals surface area contributed by atoms with E-state index in [9.17, 15) is 0 Å². The van der Waals surface area contributed by atoms with Crippen LogP contribution in [0.5, 0.6) is 0 Å². The van der Waals surface area contributed by atoms with Crippen molar-refractivity contribution in [1.29, 1.82) is 0 Å². The van der Waals surface area contributed by atoms with Crippen LogP contribution in [0.4, 0.5) is 0 Å². The Kier molecular flexibility index (Phi) is 4.25. The molecule has 106 valence electrons. The summed E-state index contributed by atoms with van der Waals surface area (Å²) in [7, 11) is 2.15. The lowest BCUT2D eigenvalue weighted by Gasteiger charge is -2.28. The van der Waals surface area contributed by atoms with Gasteiger partial charge in [0.05, 0.1) is 18.2 Å². The van der Waals surface area contributed by atoms with Crippen LogP contribution in [0.15, 0.2) is 36.5 Å². The van der Waals surface area contributed by atoms with Gasteiger partial charge in [-0.1, -0.05) is 18.2 Å². The van der Waals surface area contributed by atoms with Crippen molar-refractivity contribution >= 4 is 10.9 Å². The smallest absolute Gasteiger partial charge is 0.0826 e. The molecule has 0 aliphatic carbocycles. The normalized spacial score (nSPS) is 19.6. The number of fused-ring (bicyclic) bond motifs is 1. The Morgan fingerprint density at radius 2 is 2.25 bits per heavy atom. The fraction of sp³-hybridized carbons (Fsp3) is 0.438. The fourth-order valence-corrected chi connectivity index (χ4v) is 2.73. The second kappa shape index (κ2) is 6.31. The van der Waals surface area contributed by atoms with E-state index in [0.717, 1.165) is 38.3 Å². The zero-order valence-electron chi connectivity index (χ0n) is 11.9. The second-order valence-corrected chi connectivity index (χ2v) is 5.38. The van der Waals surface area contributed by atoms with Crippen molar-refractivity contribution in [2.75, 3.05) is 33.3 Å². The molecule has 2 heterocycles. The first-order chi connectivity index (χ1) is 9.83. The lowest BCUT2D eigenvalue weighted by molar-refractivity contribution is 0.00890. The molecular weight excluding hydrogens is 250 g/mol. The summed E-state index contributed by atoms with van der Waals surface area (Å²) in [6.07, 6.45) is 2.19. The van der Waals surface area contributed by atoms with E-state index in [-0.39, 0.29) is 0 Å². The molecule has 0 radical (unpaired) electrons. The van der Waals surface area contributed by atoms with Crippen LogP contribution < -0.4 is 5.32 Å². The monoisotopic (exact) mass is 271 g/mol. The van der Waals surface area contributed by atoms with E-state index in [0.29, 0.717) is 6.10 Å². The van der Waals surface area contributed by atoms with Crippen LogP contribution in [0, 0.1) is 0 Å². The largest absolute Gasteiger partial charge is 0.374 e. The molecule has 3 rings (SSSR count). The van der Waals surface area contributed by atoms with Gasteiger partial charge in [-0.2, -0.15) is 0 Å². The minimum atomic E-state index is 0.293.